The van der Waals surface area contributed by atoms with Crippen LogP contribution in [0.5, 0.6) is 0 Å². The Labute approximate surface area is 164 Å². The van der Waals surface area contributed by atoms with Crippen LogP contribution >= 0.6 is 0 Å². The molecule has 0 unspecified atom stereocenters. The van der Waals surface area contributed by atoms with Crippen LogP contribution in [-0.2, 0) is 26.2 Å². The first-order chi connectivity index (χ1) is 13.1. The number of nitrogens with one attached hydrogen (secondary N) is 2. The highest BCUT2D eigenvalue weighted by atomic mass is 32.2. The van der Waals surface area contributed by atoms with Crippen molar-refractivity contribution >= 4 is 21.8 Å². The zero-order valence-corrected chi connectivity index (χ0v) is 17.2. The van der Waals surface area contributed by atoms with Crippen LogP contribution in [0.3, 0.4) is 0 Å². The van der Waals surface area contributed by atoms with Crippen molar-refractivity contribution in [1.29, 1.82) is 0 Å². The minimum atomic E-state index is -3.79. The Balaban J connectivity index is 1.81. The largest absolute Gasteiger partial charge is 0.273 e. The van der Waals surface area contributed by atoms with Gasteiger partial charge >= 0.3 is 0 Å². The van der Waals surface area contributed by atoms with E-state index in [2.05, 4.69) is 16.0 Å². The van der Waals surface area contributed by atoms with Crippen LogP contribution in [0.25, 0.3) is 0 Å². The number of hydrogen-bond donors (Lipinski definition) is 2. The van der Waals surface area contributed by atoms with Gasteiger partial charge in [0.15, 0.2) is 0 Å². The third-order valence-corrected chi connectivity index (χ3v) is 5.91. The average Bonchev–Trinajstić information content (AvgIpc) is 2.95. The van der Waals surface area contributed by atoms with E-state index >= 15 is 0 Å². The Bertz CT molecular complexity index is 951. The summed E-state index contributed by atoms with van der Waals surface area (Å²) in [5.74, 6) is -1.04. The predicted octanol–water partition coefficient (Wildman–Crippen LogP) is 0.667. The minimum absolute atomic E-state index is 0.0994. The number of rotatable bonds is 7. The topological polar surface area (TPSA) is 113 Å². The molecule has 0 radical (unpaired) electrons. The molecule has 0 aliphatic carbocycles. The Morgan fingerprint density at radius 3 is 2.25 bits per heavy atom. The van der Waals surface area contributed by atoms with Gasteiger partial charge in [0.1, 0.15) is 0 Å². The summed E-state index contributed by atoms with van der Waals surface area (Å²) in [6, 6.07) is 8.25. The Kier molecular flexibility index (Phi) is 6.92. The molecule has 0 fully saturated rings. The van der Waals surface area contributed by atoms with Gasteiger partial charge in [0.2, 0.25) is 15.9 Å². The van der Waals surface area contributed by atoms with Crippen LogP contribution in [0.4, 0.5) is 0 Å². The fourth-order valence-electron chi connectivity index (χ4n) is 2.53. The lowest BCUT2D eigenvalue weighted by molar-refractivity contribution is -0.129. The van der Waals surface area contributed by atoms with E-state index in [1.165, 1.54) is 19.2 Å². The maximum atomic E-state index is 12.5. The van der Waals surface area contributed by atoms with E-state index in [0.29, 0.717) is 6.54 Å². The summed E-state index contributed by atoms with van der Waals surface area (Å²) >= 11 is 0. The maximum Gasteiger partial charge on any atom is 0.253 e. The van der Waals surface area contributed by atoms with E-state index in [1.807, 2.05) is 26.8 Å². The third-order valence-electron chi connectivity index (χ3n) is 4.09. The summed E-state index contributed by atoms with van der Waals surface area (Å²) < 4.78 is 27.6. The Morgan fingerprint density at radius 1 is 1.07 bits per heavy atom. The quantitative estimate of drug-likeness (QED) is 0.655. The second kappa shape index (κ2) is 8.98. The molecule has 0 saturated carbocycles. The molecular weight excluding hydrogens is 382 g/mol. The van der Waals surface area contributed by atoms with Crippen molar-refractivity contribution in [1.82, 2.24) is 24.9 Å². The summed E-state index contributed by atoms with van der Waals surface area (Å²) in [4.78, 5) is 23.9. The molecule has 0 atom stereocenters. The highest BCUT2D eigenvalue weighted by Gasteiger charge is 2.23. The highest BCUT2D eigenvalue weighted by Crippen LogP contribution is 2.14. The van der Waals surface area contributed by atoms with Gasteiger partial charge in [0.05, 0.1) is 23.7 Å². The molecule has 0 bridgehead atoms. The second-order valence-corrected chi connectivity index (χ2v) is 8.62. The number of aromatic nitrogens is 2. The van der Waals surface area contributed by atoms with Crippen molar-refractivity contribution in [2.75, 3.05) is 13.6 Å². The molecule has 0 aliphatic heterocycles. The second-order valence-electron chi connectivity index (χ2n) is 6.57. The summed E-state index contributed by atoms with van der Waals surface area (Å²) in [5.41, 5.74) is 7.25. The van der Waals surface area contributed by atoms with Crippen molar-refractivity contribution in [3.8, 4) is 0 Å². The minimum Gasteiger partial charge on any atom is -0.273 e. The Morgan fingerprint density at radius 2 is 1.68 bits per heavy atom. The van der Waals surface area contributed by atoms with Gasteiger partial charge in [-0.25, -0.2) is 8.42 Å². The van der Waals surface area contributed by atoms with E-state index in [4.69, 9.17) is 0 Å². The molecule has 152 valence electrons. The molecule has 9 nitrogen and oxygen atoms in total. The lowest BCUT2D eigenvalue weighted by Crippen LogP contribution is -2.46. The van der Waals surface area contributed by atoms with Gasteiger partial charge in [0.25, 0.3) is 5.91 Å². The number of sulfonamides is 1. The number of benzene rings is 1. The number of aryl methyl sites for hydroxylation is 4. The van der Waals surface area contributed by atoms with Crippen molar-refractivity contribution in [3.63, 3.8) is 0 Å². The van der Waals surface area contributed by atoms with E-state index in [-0.39, 0.29) is 11.3 Å². The molecule has 2 amide bonds. The molecule has 1 aromatic carbocycles. The first kappa shape index (κ1) is 21.6. The first-order valence-electron chi connectivity index (χ1n) is 8.71. The van der Waals surface area contributed by atoms with Crippen LogP contribution in [0.2, 0.25) is 0 Å². The molecule has 28 heavy (non-hydrogen) atoms. The van der Waals surface area contributed by atoms with Gasteiger partial charge in [0, 0.05) is 19.2 Å². The van der Waals surface area contributed by atoms with Crippen LogP contribution in [-0.4, -0.2) is 47.9 Å². The molecule has 1 heterocycles. The SMILES string of the molecule is Cc1ccc(S(=O)(=O)N(C)CC(=O)NNC(=O)CCn2nc(C)cc2C)cc1. The zero-order chi connectivity index (χ0) is 20.9. The predicted molar refractivity (Wildman–Crippen MR) is 104 cm³/mol. The lowest BCUT2D eigenvalue weighted by Gasteiger charge is -2.17. The van der Waals surface area contributed by atoms with Crippen molar-refractivity contribution in [3.05, 3.63) is 47.3 Å². The van der Waals surface area contributed by atoms with Gasteiger partial charge in [-0.3, -0.25) is 25.1 Å². The number of nitrogens with zero attached hydrogens (tertiary/aromatic N) is 3. The lowest BCUT2D eigenvalue weighted by atomic mass is 10.2. The molecule has 2 N–H and O–H groups in total. The van der Waals surface area contributed by atoms with E-state index in [9.17, 15) is 18.0 Å². The Hall–Kier alpha value is -2.72. The van der Waals surface area contributed by atoms with Crippen LogP contribution in [0, 0.1) is 20.8 Å². The molecule has 2 rings (SSSR count). The van der Waals surface area contributed by atoms with Gasteiger partial charge < -0.3 is 0 Å². The van der Waals surface area contributed by atoms with E-state index in [0.717, 1.165) is 21.3 Å². The number of carbonyl (C=O) groups is 2. The van der Waals surface area contributed by atoms with Gasteiger partial charge in [-0.2, -0.15) is 9.40 Å². The van der Waals surface area contributed by atoms with E-state index in [1.54, 1.807) is 16.8 Å². The smallest absolute Gasteiger partial charge is 0.253 e. The van der Waals surface area contributed by atoms with Gasteiger partial charge in [-0.05, 0) is 39.0 Å². The molecule has 10 heteroatoms. The highest BCUT2D eigenvalue weighted by molar-refractivity contribution is 7.89. The normalized spacial score (nSPS) is 11.5. The van der Waals surface area contributed by atoms with E-state index < -0.39 is 28.4 Å². The van der Waals surface area contributed by atoms with Crippen molar-refractivity contribution in [2.24, 2.45) is 0 Å². The summed E-state index contributed by atoms with van der Waals surface area (Å²) in [6.45, 7) is 5.57. The average molecular weight is 407 g/mol. The molecule has 0 spiro atoms. The van der Waals surface area contributed by atoms with Crippen molar-refractivity contribution < 1.29 is 18.0 Å². The third kappa shape index (κ3) is 5.64. The molecule has 0 saturated heterocycles. The maximum absolute atomic E-state index is 12.5. The van der Waals surface area contributed by atoms with Crippen LogP contribution < -0.4 is 10.9 Å². The zero-order valence-electron chi connectivity index (χ0n) is 16.4. The monoisotopic (exact) mass is 407 g/mol. The molecular formula is C18H25N5O4S. The number of amides is 2. The molecule has 0 aliphatic rings. The van der Waals surface area contributed by atoms with Crippen LogP contribution in [0.15, 0.2) is 35.2 Å². The van der Waals surface area contributed by atoms with Crippen LogP contribution in [0.1, 0.15) is 23.4 Å². The fraction of sp³-hybridized carbons (Fsp3) is 0.389. The molecule has 1 aromatic heterocycles. The standard InChI is InChI=1S/C18H25N5O4S/c1-13-5-7-16(8-6-13)28(26,27)22(4)12-18(25)20-19-17(24)9-10-23-15(3)11-14(2)21-23/h5-8,11H,9-10,12H2,1-4H3,(H,19,24)(H,20,25). The summed E-state index contributed by atoms with van der Waals surface area (Å²) in [5, 5.41) is 4.25. The van der Waals surface area contributed by atoms with Gasteiger partial charge in [-0.15, -0.1) is 0 Å². The number of likely N-dealkylation sites (N-methyl/N-ethyl adjacent to an activating group) is 1. The summed E-state index contributed by atoms with van der Waals surface area (Å²) in [6.07, 6.45) is 0.125. The number of carbonyl (C=O) groups excluding carboxylic acids is 2. The fourth-order valence-corrected chi connectivity index (χ4v) is 3.65. The first-order valence-corrected chi connectivity index (χ1v) is 10.2. The number of hydrogen-bond acceptors (Lipinski definition) is 5. The van der Waals surface area contributed by atoms with Crippen molar-refractivity contribution in [2.45, 2.75) is 38.6 Å². The number of hydrazine groups is 1. The summed E-state index contributed by atoms with van der Waals surface area (Å²) in [7, 11) is -2.48. The molecule has 2 aromatic rings. The van der Waals surface area contributed by atoms with Gasteiger partial charge in [-0.1, -0.05) is 17.7 Å².